The molecule has 0 spiro atoms. The molecule has 2 nitrogen and oxygen atoms in total. The van der Waals surface area contributed by atoms with E-state index in [2.05, 4.69) is 6.08 Å². The van der Waals surface area contributed by atoms with Gasteiger partial charge in [-0.2, -0.15) is 0 Å². The highest BCUT2D eigenvalue weighted by atomic mass is 32.2. The standard InChI is InChI=1S/C11H13O2S/c12-10-4-6-11(13,7-5-10)14-8-2-1-3-9-14/h2-4,6,8-10,12-13H,5,7H2. The van der Waals surface area contributed by atoms with Gasteiger partial charge < -0.3 is 10.2 Å². The van der Waals surface area contributed by atoms with Crippen molar-refractivity contribution in [2.24, 2.45) is 0 Å². The van der Waals surface area contributed by atoms with Crippen molar-refractivity contribution in [3.63, 3.8) is 0 Å². The zero-order valence-corrected chi connectivity index (χ0v) is 8.57. The van der Waals surface area contributed by atoms with E-state index in [1.807, 2.05) is 22.9 Å². The van der Waals surface area contributed by atoms with Crippen LogP contribution < -0.4 is 0 Å². The summed E-state index contributed by atoms with van der Waals surface area (Å²) in [4.78, 5) is -0.797. The molecule has 1 radical (unpaired) electrons. The van der Waals surface area contributed by atoms with Crippen LogP contribution in [0.4, 0.5) is 0 Å². The van der Waals surface area contributed by atoms with E-state index in [9.17, 15) is 10.2 Å². The molecule has 3 atom stereocenters. The van der Waals surface area contributed by atoms with Crippen LogP contribution in [-0.4, -0.2) is 26.6 Å². The van der Waals surface area contributed by atoms with E-state index in [0.717, 1.165) is 0 Å². The van der Waals surface area contributed by atoms with Crippen LogP contribution in [0.5, 0.6) is 0 Å². The zero-order valence-electron chi connectivity index (χ0n) is 7.76. The molecule has 1 aliphatic heterocycles. The molecule has 3 heteroatoms. The van der Waals surface area contributed by atoms with Crippen LogP contribution in [-0.2, 0) is 0 Å². The van der Waals surface area contributed by atoms with Crippen LogP contribution in [0.15, 0.2) is 29.7 Å². The summed E-state index contributed by atoms with van der Waals surface area (Å²) in [6, 6.07) is 0. The molecule has 75 valence electrons. The SMILES string of the molecule is OC1C=CC(O)(S2=CC=[C]C=C2)CC1. The Morgan fingerprint density at radius 3 is 2.93 bits per heavy atom. The smallest absolute Gasteiger partial charge is 0.128 e. The molecule has 3 unspecified atom stereocenters. The van der Waals surface area contributed by atoms with Crippen molar-refractivity contribution in [1.29, 1.82) is 0 Å². The maximum atomic E-state index is 10.3. The van der Waals surface area contributed by atoms with Gasteiger partial charge in [0.2, 0.25) is 0 Å². The second-order valence-corrected chi connectivity index (χ2v) is 5.45. The van der Waals surface area contributed by atoms with E-state index in [0.29, 0.717) is 12.8 Å². The van der Waals surface area contributed by atoms with E-state index in [-0.39, 0.29) is 10.5 Å². The van der Waals surface area contributed by atoms with Crippen molar-refractivity contribution in [2.45, 2.75) is 23.9 Å². The summed E-state index contributed by atoms with van der Waals surface area (Å²) in [6.45, 7) is 0. The number of hydrogen-bond acceptors (Lipinski definition) is 2. The number of hydrogen-bond donors (Lipinski definition) is 2. The summed E-state index contributed by atoms with van der Waals surface area (Å²) in [7, 11) is -0.278. The number of allylic oxidation sites excluding steroid dienone is 3. The van der Waals surface area contributed by atoms with Crippen LogP contribution in [0.3, 0.4) is 0 Å². The number of aliphatic hydroxyl groups excluding tert-OH is 1. The normalized spacial score (nSPS) is 41.0. The van der Waals surface area contributed by atoms with E-state index in [1.165, 1.54) is 0 Å². The summed E-state index contributed by atoms with van der Waals surface area (Å²) >= 11 is 0. The molecule has 0 saturated heterocycles. The maximum absolute atomic E-state index is 10.3. The largest absolute Gasteiger partial charge is 0.389 e. The third kappa shape index (κ3) is 1.90. The molecule has 0 amide bonds. The average Bonchev–Trinajstić information content (AvgIpc) is 2.24. The molecule has 1 heterocycles. The molecule has 14 heavy (non-hydrogen) atoms. The third-order valence-corrected chi connectivity index (χ3v) is 4.42. The summed E-state index contributed by atoms with van der Waals surface area (Å²) in [5.74, 6) is 0. The first-order chi connectivity index (χ1) is 6.71. The second-order valence-electron chi connectivity index (χ2n) is 3.45. The third-order valence-electron chi connectivity index (χ3n) is 2.41. The highest BCUT2D eigenvalue weighted by Gasteiger charge is 2.30. The lowest BCUT2D eigenvalue weighted by molar-refractivity contribution is 0.125. The molecule has 0 fully saturated rings. The van der Waals surface area contributed by atoms with Crippen LogP contribution in [0.2, 0.25) is 0 Å². The predicted octanol–water partition coefficient (Wildman–Crippen LogP) is 1.34. The Morgan fingerprint density at radius 2 is 2.36 bits per heavy atom. The molecule has 2 N–H and O–H groups in total. The summed E-state index contributed by atoms with van der Waals surface area (Å²) in [6.07, 6.45) is 10.9. The van der Waals surface area contributed by atoms with Crippen LogP contribution in [0, 0.1) is 6.08 Å². The molecular weight excluding hydrogens is 196 g/mol. The minimum atomic E-state index is -0.797. The Hall–Kier alpha value is -0.640. The number of rotatable bonds is 1. The van der Waals surface area contributed by atoms with E-state index < -0.39 is 11.0 Å². The zero-order chi connectivity index (χ0) is 10.0. The minimum Gasteiger partial charge on any atom is -0.389 e. The first kappa shape index (κ1) is 9.90. The molecule has 0 aromatic rings. The molecule has 1 aliphatic carbocycles. The van der Waals surface area contributed by atoms with E-state index in [4.69, 9.17) is 0 Å². The van der Waals surface area contributed by atoms with Gasteiger partial charge >= 0.3 is 0 Å². The molecular formula is C11H13O2S. The van der Waals surface area contributed by atoms with Crippen LogP contribution >= 0.6 is 10.5 Å². The second kappa shape index (κ2) is 3.85. The molecule has 2 rings (SSSR count). The van der Waals surface area contributed by atoms with Gasteiger partial charge in [-0.15, -0.1) is 10.5 Å². The molecule has 0 saturated carbocycles. The van der Waals surface area contributed by atoms with E-state index in [1.54, 1.807) is 12.2 Å². The van der Waals surface area contributed by atoms with Gasteiger partial charge in [-0.25, -0.2) is 0 Å². The van der Waals surface area contributed by atoms with E-state index >= 15 is 0 Å². The van der Waals surface area contributed by atoms with Crippen molar-refractivity contribution in [3.05, 3.63) is 35.8 Å². The van der Waals surface area contributed by atoms with Crippen molar-refractivity contribution in [2.75, 3.05) is 0 Å². The first-order valence-corrected chi connectivity index (χ1v) is 5.97. The Morgan fingerprint density at radius 1 is 1.50 bits per heavy atom. The van der Waals surface area contributed by atoms with Crippen molar-refractivity contribution in [3.8, 4) is 0 Å². The van der Waals surface area contributed by atoms with Gasteiger partial charge in [0.15, 0.2) is 0 Å². The molecule has 0 bridgehead atoms. The van der Waals surface area contributed by atoms with Gasteiger partial charge in [-0.05, 0) is 47.9 Å². The lowest BCUT2D eigenvalue weighted by Gasteiger charge is -2.31. The fraction of sp³-hybridized carbons (Fsp3) is 0.364. The van der Waals surface area contributed by atoms with Gasteiger partial charge in [-0.1, -0.05) is 6.08 Å². The summed E-state index contributed by atoms with van der Waals surface area (Å²) in [5, 5.41) is 23.5. The summed E-state index contributed by atoms with van der Waals surface area (Å²) < 4.78 is 0. The van der Waals surface area contributed by atoms with Crippen LogP contribution in [0.25, 0.3) is 0 Å². The van der Waals surface area contributed by atoms with Crippen LogP contribution in [0.1, 0.15) is 12.8 Å². The molecule has 0 aromatic carbocycles. The Balaban J connectivity index is 2.25. The van der Waals surface area contributed by atoms with Gasteiger partial charge in [0.25, 0.3) is 0 Å². The fourth-order valence-corrected chi connectivity index (χ4v) is 3.16. The van der Waals surface area contributed by atoms with Crippen molar-refractivity contribution < 1.29 is 10.2 Å². The lowest BCUT2D eigenvalue weighted by atomic mass is 10.0. The Labute approximate surface area is 86.2 Å². The lowest BCUT2D eigenvalue weighted by Crippen LogP contribution is -2.29. The quantitative estimate of drug-likeness (QED) is 0.505. The number of aliphatic hydroxyl groups is 2. The van der Waals surface area contributed by atoms with Gasteiger partial charge in [0.1, 0.15) is 4.93 Å². The minimum absolute atomic E-state index is 0.278. The monoisotopic (exact) mass is 209 g/mol. The first-order valence-electron chi connectivity index (χ1n) is 4.62. The topological polar surface area (TPSA) is 40.5 Å². The fourth-order valence-electron chi connectivity index (χ4n) is 1.55. The Kier molecular flexibility index (Phi) is 2.72. The Bertz CT molecular complexity index is 341. The van der Waals surface area contributed by atoms with Gasteiger partial charge in [-0.3, -0.25) is 0 Å². The highest BCUT2D eigenvalue weighted by Crippen LogP contribution is 2.40. The predicted molar refractivity (Wildman–Crippen MR) is 59.9 cm³/mol. The van der Waals surface area contributed by atoms with Crippen molar-refractivity contribution in [1.82, 2.24) is 0 Å². The van der Waals surface area contributed by atoms with Gasteiger partial charge in [0.05, 0.1) is 6.10 Å². The van der Waals surface area contributed by atoms with Gasteiger partial charge in [0, 0.05) is 0 Å². The molecule has 2 aliphatic rings. The van der Waals surface area contributed by atoms with Crippen molar-refractivity contribution >= 4 is 15.9 Å². The maximum Gasteiger partial charge on any atom is 0.128 e. The highest BCUT2D eigenvalue weighted by molar-refractivity contribution is 8.18. The average molecular weight is 209 g/mol. The summed E-state index contributed by atoms with van der Waals surface area (Å²) in [5.41, 5.74) is 0. The molecule has 0 aromatic heterocycles.